The van der Waals surface area contributed by atoms with Crippen LogP contribution in [-0.2, 0) is 6.18 Å². The van der Waals surface area contributed by atoms with Crippen molar-refractivity contribution < 1.29 is 17.6 Å². The molecule has 0 amide bonds. The minimum Gasteiger partial charge on any atom is -0.418 e. The lowest BCUT2D eigenvalue weighted by Gasteiger charge is -2.40. The van der Waals surface area contributed by atoms with Crippen molar-refractivity contribution in [2.24, 2.45) is 0 Å². The standard InChI is InChI=1S/C22H24F3N3O/c1-21(2,3)28-10-8-14(9-11-28)16-12-18-20(26-13-16)29-19(27-18)15-4-6-17(7-5-15)22(23,24)25/h4-7,12-14H,8-11H2,1-3H3. The van der Waals surface area contributed by atoms with Gasteiger partial charge in [-0.05, 0) is 88.5 Å². The Kier molecular flexibility index (Phi) is 4.89. The SMILES string of the molecule is CC(C)(C)N1CCC(c2cnc3oc(-c4ccc(C(F)(F)F)cc4)nc3c2)CC1. The molecule has 0 bridgehead atoms. The summed E-state index contributed by atoms with van der Waals surface area (Å²) < 4.78 is 43.9. The van der Waals surface area contributed by atoms with Crippen molar-refractivity contribution in [2.75, 3.05) is 13.1 Å². The highest BCUT2D eigenvalue weighted by molar-refractivity contribution is 5.73. The Morgan fingerprint density at radius 3 is 2.28 bits per heavy atom. The molecular formula is C22H24F3N3O. The summed E-state index contributed by atoms with van der Waals surface area (Å²) in [5.74, 6) is 0.706. The molecular weight excluding hydrogens is 379 g/mol. The fourth-order valence-corrected chi connectivity index (χ4v) is 3.87. The maximum Gasteiger partial charge on any atom is 0.416 e. The summed E-state index contributed by atoms with van der Waals surface area (Å²) in [6.45, 7) is 8.79. The molecule has 3 aromatic rings. The molecule has 1 aliphatic heterocycles. The van der Waals surface area contributed by atoms with Gasteiger partial charge in [-0.1, -0.05) is 0 Å². The zero-order valence-electron chi connectivity index (χ0n) is 16.8. The van der Waals surface area contributed by atoms with Gasteiger partial charge in [0, 0.05) is 17.3 Å². The van der Waals surface area contributed by atoms with Crippen LogP contribution in [0.25, 0.3) is 22.7 Å². The smallest absolute Gasteiger partial charge is 0.416 e. The van der Waals surface area contributed by atoms with Crippen LogP contribution < -0.4 is 0 Å². The predicted molar refractivity (Wildman–Crippen MR) is 106 cm³/mol. The highest BCUT2D eigenvalue weighted by Crippen LogP contribution is 2.34. The Hall–Kier alpha value is -2.41. The van der Waals surface area contributed by atoms with Gasteiger partial charge in [-0.15, -0.1) is 0 Å². The molecule has 1 aliphatic rings. The Morgan fingerprint density at radius 2 is 1.69 bits per heavy atom. The highest BCUT2D eigenvalue weighted by Gasteiger charge is 2.30. The number of piperidine rings is 1. The van der Waals surface area contributed by atoms with E-state index in [0.29, 0.717) is 22.7 Å². The van der Waals surface area contributed by atoms with Gasteiger partial charge in [0.15, 0.2) is 0 Å². The van der Waals surface area contributed by atoms with Gasteiger partial charge in [0.1, 0.15) is 5.52 Å². The number of rotatable bonds is 2. The first kappa shape index (κ1) is 19.9. The Balaban J connectivity index is 1.54. The minimum atomic E-state index is -4.36. The van der Waals surface area contributed by atoms with Gasteiger partial charge in [0.05, 0.1) is 5.56 Å². The van der Waals surface area contributed by atoms with Gasteiger partial charge in [-0.2, -0.15) is 13.2 Å². The fraction of sp³-hybridized carbons (Fsp3) is 0.455. The Bertz CT molecular complexity index is 995. The summed E-state index contributed by atoms with van der Waals surface area (Å²) >= 11 is 0. The molecule has 1 aromatic carbocycles. The Labute approximate surface area is 167 Å². The normalized spacial score (nSPS) is 17.2. The van der Waals surface area contributed by atoms with Gasteiger partial charge < -0.3 is 4.42 Å². The first-order valence-corrected chi connectivity index (χ1v) is 9.80. The number of halogens is 3. The number of benzene rings is 1. The van der Waals surface area contributed by atoms with Crippen molar-refractivity contribution in [1.82, 2.24) is 14.9 Å². The van der Waals surface area contributed by atoms with Crippen molar-refractivity contribution in [3.63, 3.8) is 0 Å². The molecule has 0 N–H and O–H groups in total. The van der Waals surface area contributed by atoms with Crippen LogP contribution >= 0.6 is 0 Å². The number of pyridine rings is 1. The van der Waals surface area contributed by atoms with Crippen molar-refractivity contribution >= 4 is 11.2 Å². The average molecular weight is 403 g/mol. The second-order valence-corrected chi connectivity index (χ2v) is 8.62. The predicted octanol–water partition coefficient (Wildman–Crippen LogP) is 5.89. The number of oxazole rings is 1. The number of hydrogen-bond acceptors (Lipinski definition) is 4. The summed E-state index contributed by atoms with van der Waals surface area (Å²) in [4.78, 5) is 11.4. The lowest BCUT2D eigenvalue weighted by atomic mass is 9.88. The van der Waals surface area contributed by atoms with Crippen molar-refractivity contribution in [3.8, 4) is 11.5 Å². The van der Waals surface area contributed by atoms with E-state index in [4.69, 9.17) is 4.42 Å². The molecule has 1 saturated heterocycles. The van der Waals surface area contributed by atoms with E-state index in [9.17, 15) is 13.2 Å². The van der Waals surface area contributed by atoms with Crippen molar-refractivity contribution in [3.05, 3.63) is 47.7 Å². The van der Waals surface area contributed by atoms with E-state index < -0.39 is 11.7 Å². The van der Waals surface area contributed by atoms with E-state index in [1.807, 2.05) is 12.3 Å². The third-order valence-electron chi connectivity index (χ3n) is 5.64. The molecule has 0 aliphatic carbocycles. The van der Waals surface area contributed by atoms with Crippen LogP contribution in [0.1, 0.15) is 50.7 Å². The number of alkyl halides is 3. The van der Waals surface area contributed by atoms with E-state index in [-0.39, 0.29) is 11.4 Å². The van der Waals surface area contributed by atoms with Gasteiger partial charge in [-0.3, -0.25) is 4.90 Å². The van der Waals surface area contributed by atoms with E-state index in [2.05, 4.69) is 35.6 Å². The lowest BCUT2D eigenvalue weighted by Crippen LogP contribution is -2.45. The zero-order valence-corrected chi connectivity index (χ0v) is 16.8. The molecule has 0 spiro atoms. The van der Waals surface area contributed by atoms with Crippen LogP contribution in [0.3, 0.4) is 0 Å². The van der Waals surface area contributed by atoms with Crippen molar-refractivity contribution in [2.45, 2.75) is 51.2 Å². The van der Waals surface area contributed by atoms with E-state index in [0.717, 1.165) is 43.6 Å². The Morgan fingerprint density at radius 1 is 1.03 bits per heavy atom. The van der Waals surface area contributed by atoms with E-state index in [1.54, 1.807) is 0 Å². The van der Waals surface area contributed by atoms with Crippen LogP contribution in [0.2, 0.25) is 0 Å². The fourth-order valence-electron chi connectivity index (χ4n) is 3.87. The van der Waals surface area contributed by atoms with Crippen LogP contribution in [-0.4, -0.2) is 33.5 Å². The van der Waals surface area contributed by atoms with Crippen LogP contribution in [0.4, 0.5) is 13.2 Å². The number of nitrogens with zero attached hydrogens (tertiary/aromatic N) is 3. The maximum absolute atomic E-state index is 12.7. The molecule has 1 fully saturated rings. The third kappa shape index (κ3) is 4.15. The van der Waals surface area contributed by atoms with E-state index in [1.165, 1.54) is 12.1 Å². The zero-order chi connectivity index (χ0) is 20.8. The second kappa shape index (κ2) is 7.13. The molecule has 4 rings (SSSR count). The van der Waals surface area contributed by atoms with Crippen LogP contribution in [0.5, 0.6) is 0 Å². The lowest BCUT2D eigenvalue weighted by molar-refractivity contribution is -0.137. The molecule has 29 heavy (non-hydrogen) atoms. The topological polar surface area (TPSA) is 42.2 Å². The second-order valence-electron chi connectivity index (χ2n) is 8.62. The van der Waals surface area contributed by atoms with E-state index >= 15 is 0 Å². The maximum atomic E-state index is 12.7. The summed E-state index contributed by atoms with van der Waals surface area (Å²) in [5, 5.41) is 0. The molecule has 0 unspecified atom stereocenters. The minimum absolute atomic E-state index is 0.176. The summed E-state index contributed by atoms with van der Waals surface area (Å²) in [6, 6.07) is 6.81. The molecule has 154 valence electrons. The van der Waals surface area contributed by atoms with Crippen LogP contribution in [0, 0.1) is 0 Å². The van der Waals surface area contributed by atoms with Gasteiger partial charge >= 0.3 is 6.18 Å². The number of fused-ring (bicyclic) bond motifs is 1. The van der Waals surface area contributed by atoms with Gasteiger partial charge in [0.25, 0.3) is 0 Å². The van der Waals surface area contributed by atoms with Gasteiger partial charge in [-0.25, -0.2) is 9.97 Å². The average Bonchev–Trinajstić information content (AvgIpc) is 3.10. The largest absolute Gasteiger partial charge is 0.418 e. The summed E-state index contributed by atoms with van der Waals surface area (Å²) in [5.41, 5.74) is 2.15. The molecule has 3 heterocycles. The molecule has 0 radical (unpaired) electrons. The summed E-state index contributed by atoms with van der Waals surface area (Å²) in [6.07, 6.45) is -0.400. The quantitative estimate of drug-likeness (QED) is 0.535. The molecule has 4 nitrogen and oxygen atoms in total. The first-order chi connectivity index (χ1) is 13.6. The molecule has 2 aromatic heterocycles. The molecule has 0 atom stereocenters. The third-order valence-corrected chi connectivity index (χ3v) is 5.64. The summed E-state index contributed by atoms with van der Waals surface area (Å²) in [7, 11) is 0. The monoisotopic (exact) mass is 403 g/mol. The highest BCUT2D eigenvalue weighted by atomic mass is 19.4. The van der Waals surface area contributed by atoms with Crippen molar-refractivity contribution in [1.29, 1.82) is 0 Å². The van der Waals surface area contributed by atoms with Gasteiger partial charge in [0.2, 0.25) is 11.6 Å². The van der Waals surface area contributed by atoms with Crippen LogP contribution in [0.15, 0.2) is 40.9 Å². The first-order valence-electron chi connectivity index (χ1n) is 9.80. The number of aromatic nitrogens is 2. The molecule has 0 saturated carbocycles. The molecule has 7 heteroatoms. The number of hydrogen-bond donors (Lipinski definition) is 0. The number of likely N-dealkylation sites (tertiary alicyclic amines) is 1.